The fourth-order valence-corrected chi connectivity index (χ4v) is 2.76. The summed E-state index contributed by atoms with van der Waals surface area (Å²) in [5.74, 6) is 0. The molecule has 0 unspecified atom stereocenters. The van der Waals surface area contributed by atoms with Crippen LogP contribution in [0.3, 0.4) is 0 Å². The maximum Gasteiger partial charge on any atom is 0.0708 e. The van der Waals surface area contributed by atoms with Gasteiger partial charge in [0.1, 0.15) is 0 Å². The topological polar surface area (TPSA) is 12.9 Å². The van der Waals surface area contributed by atoms with E-state index in [4.69, 9.17) is 4.98 Å². The Hall–Kier alpha value is -1.37. The Labute approximate surface area is 109 Å². The van der Waals surface area contributed by atoms with E-state index in [1.165, 1.54) is 47.0 Å². The van der Waals surface area contributed by atoms with Gasteiger partial charge >= 0.3 is 0 Å². The van der Waals surface area contributed by atoms with E-state index in [1.54, 1.807) is 0 Å². The summed E-state index contributed by atoms with van der Waals surface area (Å²) in [6, 6.07) is 9.10. The Morgan fingerprint density at radius 2 is 1.78 bits per heavy atom. The molecule has 0 N–H and O–H groups in total. The van der Waals surface area contributed by atoms with Crippen molar-refractivity contribution >= 4 is 10.9 Å². The third-order valence-electron chi connectivity index (χ3n) is 3.96. The van der Waals surface area contributed by atoms with Crippen LogP contribution in [0.4, 0.5) is 0 Å². The Kier molecular flexibility index (Phi) is 2.65. The Bertz CT molecular complexity index is 590. The second-order valence-corrected chi connectivity index (χ2v) is 6.46. The summed E-state index contributed by atoms with van der Waals surface area (Å²) in [5, 5.41) is 1.30. The van der Waals surface area contributed by atoms with E-state index in [9.17, 15) is 0 Å². The third-order valence-corrected chi connectivity index (χ3v) is 3.96. The van der Waals surface area contributed by atoms with Crippen molar-refractivity contribution in [1.82, 2.24) is 4.98 Å². The number of aromatic nitrogens is 1. The maximum absolute atomic E-state index is 4.89. The fraction of sp³-hybridized carbons (Fsp3) is 0.471. The zero-order valence-electron chi connectivity index (χ0n) is 11.6. The van der Waals surface area contributed by atoms with Crippen molar-refractivity contribution < 1.29 is 0 Å². The Balaban J connectivity index is 2.16. The summed E-state index contributed by atoms with van der Waals surface area (Å²) in [6.45, 7) is 6.77. The normalized spacial score (nSPS) is 15.7. The first-order valence-corrected chi connectivity index (χ1v) is 6.97. The summed E-state index contributed by atoms with van der Waals surface area (Å²) in [6.07, 6.45) is 4.98. The second-order valence-electron chi connectivity index (χ2n) is 6.46. The highest BCUT2D eigenvalue weighted by atomic mass is 14.7. The lowest BCUT2D eigenvalue weighted by atomic mass is 9.86. The molecule has 0 aliphatic heterocycles. The van der Waals surface area contributed by atoms with Gasteiger partial charge in [-0.05, 0) is 54.4 Å². The van der Waals surface area contributed by atoms with Crippen LogP contribution in [-0.2, 0) is 18.3 Å². The Morgan fingerprint density at radius 3 is 2.56 bits per heavy atom. The molecule has 0 atom stereocenters. The van der Waals surface area contributed by atoms with Crippen LogP contribution in [-0.4, -0.2) is 4.98 Å². The number of rotatable bonds is 0. The first-order chi connectivity index (χ1) is 8.54. The summed E-state index contributed by atoms with van der Waals surface area (Å²) >= 11 is 0. The first kappa shape index (κ1) is 11.7. The largest absolute Gasteiger partial charge is 0.253 e. The van der Waals surface area contributed by atoms with E-state index in [2.05, 4.69) is 45.0 Å². The van der Waals surface area contributed by atoms with Crippen molar-refractivity contribution in [2.24, 2.45) is 0 Å². The van der Waals surface area contributed by atoms with Crippen LogP contribution in [0.2, 0.25) is 0 Å². The van der Waals surface area contributed by atoms with E-state index in [0.29, 0.717) is 0 Å². The highest BCUT2D eigenvalue weighted by Crippen LogP contribution is 2.28. The molecule has 0 fully saturated rings. The number of benzene rings is 1. The first-order valence-electron chi connectivity index (χ1n) is 6.97. The van der Waals surface area contributed by atoms with Crippen molar-refractivity contribution in [2.45, 2.75) is 51.9 Å². The zero-order chi connectivity index (χ0) is 12.8. The molecule has 2 aromatic rings. The predicted octanol–water partition coefficient (Wildman–Crippen LogP) is 4.41. The number of fused-ring (bicyclic) bond motifs is 2. The molecule has 0 saturated carbocycles. The highest BCUT2D eigenvalue weighted by Gasteiger charge is 2.16. The standard InChI is InChI=1S/C17H21N/c1-17(2,3)14-9-8-13-10-12-6-4-5-7-15(12)18-16(13)11-14/h8-11H,4-7H2,1-3H3. The lowest BCUT2D eigenvalue weighted by Crippen LogP contribution is -2.11. The van der Waals surface area contributed by atoms with Crippen molar-refractivity contribution in [3.05, 3.63) is 41.1 Å². The molecule has 1 aromatic carbocycles. The van der Waals surface area contributed by atoms with E-state index >= 15 is 0 Å². The molecular formula is C17H21N. The Morgan fingerprint density at radius 1 is 1.00 bits per heavy atom. The number of nitrogens with zero attached hydrogens (tertiary/aromatic N) is 1. The van der Waals surface area contributed by atoms with Gasteiger partial charge in [-0.15, -0.1) is 0 Å². The van der Waals surface area contributed by atoms with Gasteiger partial charge in [0.05, 0.1) is 5.52 Å². The van der Waals surface area contributed by atoms with Crippen LogP contribution in [0.15, 0.2) is 24.3 Å². The van der Waals surface area contributed by atoms with Gasteiger partial charge in [0.25, 0.3) is 0 Å². The predicted molar refractivity (Wildman–Crippen MR) is 77.1 cm³/mol. The average Bonchev–Trinajstić information content (AvgIpc) is 2.34. The van der Waals surface area contributed by atoms with E-state index in [-0.39, 0.29) is 5.41 Å². The third kappa shape index (κ3) is 2.03. The molecule has 18 heavy (non-hydrogen) atoms. The van der Waals surface area contributed by atoms with E-state index in [1.807, 2.05) is 0 Å². The van der Waals surface area contributed by atoms with Crippen molar-refractivity contribution in [1.29, 1.82) is 0 Å². The van der Waals surface area contributed by atoms with Crippen molar-refractivity contribution in [2.75, 3.05) is 0 Å². The molecule has 1 aliphatic carbocycles. The highest BCUT2D eigenvalue weighted by molar-refractivity contribution is 5.80. The van der Waals surface area contributed by atoms with Gasteiger partial charge in [0.15, 0.2) is 0 Å². The molecule has 1 heterocycles. The van der Waals surface area contributed by atoms with Gasteiger partial charge in [-0.1, -0.05) is 32.9 Å². The van der Waals surface area contributed by atoms with Gasteiger partial charge in [0.2, 0.25) is 0 Å². The van der Waals surface area contributed by atoms with Crippen LogP contribution in [0.25, 0.3) is 10.9 Å². The van der Waals surface area contributed by atoms with Crippen LogP contribution in [0, 0.1) is 0 Å². The summed E-state index contributed by atoms with van der Waals surface area (Å²) < 4.78 is 0. The molecular weight excluding hydrogens is 218 g/mol. The van der Waals surface area contributed by atoms with Gasteiger partial charge in [0, 0.05) is 11.1 Å². The molecule has 0 spiro atoms. The molecule has 1 heteroatoms. The lowest BCUT2D eigenvalue weighted by Gasteiger charge is -2.20. The van der Waals surface area contributed by atoms with Crippen molar-refractivity contribution in [3.63, 3.8) is 0 Å². The summed E-state index contributed by atoms with van der Waals surface area (Å²) in [5.41, 5.74) is 5.55. The monoisotopic (exact) mass is 239 g/mol. The minimum absolute atomic E-state index is 0.200. The maximum atomic E-state index is 4.89. The number of aryl methyl sites for hydroxylation is 2. The smallest absolute Gasteiger partial charge is 0.0708 e. The number of hydrogen-bond acceptors (Lipinski definition) is 1. The van der Waals surface area contributed by atoms with Crippen LogP contribution in [0.5, 0.6) is 0 Å². The van der Waals surface area contributed by atoms with Crippen molar-refractivity contribution in [3.8, 4) is 0 Å². The number of pyridine rings is 1. The molecule has 0 saturated heterocycles. The number of hydrogen-bond donors (Lipinski definition) is 0. The van der Waals surface area contributed by atoms with Gasteiger partial charge in [-0.2, -0.15) is 0 Å². The van der Waals surface area contributed by atoms with Crippen LogP contribution in [0.1, 0.15) is 50.4 Å². The van der Waals surface area contributed by atoms with Gasteiger partial charge in [-0.3, -0.25) is 4.98 Å². The molecule has 0 radical (unpaired) electrons. The minimum atomic E-state index is 0.200. The molecule has 3 rings (SSSR count). The molecule has 1 aliphatic rings. The summed E-state index contributed by atoms with van der Waals surface area (Å²) in [4.78, 5) is 4.89. The molecule has 94 valence electrons. The van der Waals surface area contributed by atoms with E-state index < -0.39 is 0 Å². The molecule has 1 nitrogen and oxygen atoms in total. The minimum Gasteiger partial charge on any atom is -0.253 e. The lowest BCUT2D eigenvalue weighted by molar-refractivity contribution is 0.591. The van der Waals surface area contributed by atoms with Crippen LogP contribution < -0.4 is 0 Å². The quantitative estimate of drug-likeness (QED) is 0.663. The van der Waals surface area contributed by atoms with Gasteiger partial charge < -0.3 is 0 Å². The summed E-state index contributed by atoms with van der Waals surface area (Å²) in [7, 11) is 0. The van der Waals surface area contributed by atoms with E-state index in [0.717, 1.165) is 6.42 Å². The molecule has 0 bridgehead atoms. The molecule has 1 aromatic heterocycles. The average molecular weight is 239 g/mol. The van der Waals surface area contributed by atoms with Gasteiger partial charge in [-0.25, -0.2) is 0 Å². The van der Waals surface area contributed by atoms with Crippen LogP contribution >= 0.6 is 0 Å². The molecule has 0 amide bonds. The second kappa shape index (κ2) is 4.08. The SMILES string of the molecule is CC(C)(C)c1ccc2cc3c(nc2c1)CCCC3. The fourth-order valence-electron chi connectivity index (χ4n) is 2.76. The zero-order valence-corrected chi connectivity index (χ0v) is 11.6.